The second-order valence-corrected chi connectivity index (χ2v) is 6.61. The molecule has 1 fully saturated rings. The smallest absolute Gasteiger partial charge is 0.317 e. The number of rotatable bonds is 8. The molecule has 1 aliphatic rings. The summed E-state index contributed by atoms with van der Waals surface area (Å²) in [5, 5.41) is 3.17. The Morgan fingerprint density at radius 1 is 1.09 bits per heavy atom. The van der Waals surface area contributed by atoms with Crippen LogP contribution in [0.2, 0.25) is 0 Å². The molecule has 5 nitrogen and oxygen atoms in total. The summed E-state index contributed by atoms with van der Waals surface area (Å²) in [6.45, 7) is 18.7. The van der Waals surface area contributed by atoms with E-state index in [1.54, 1.807) is 0 Å². The lowest BCUT2D eigenvalue weighted by atomic mass is 10.0. The summed E-state index contributed by atoms with van der Waals surface area (Å²) in [5.41, 5.74) is 0. The van der Waals surface area contributed by atoms with Crippen LogP contribution in [0.1, 0.15) is 41.0 Å². The molecule has 0 aromatic carbocycles. The summed E-state index contributed by atoms with van der Waals surface area (Å²) in [7, 11) is 0. The summed E-state index contributed by atoms with van der Waals surface area (Å²) in [5.74, 6) is 0.649. The number of piperazine rings is 1. The maximum Gasteiger partial charge on any atom is 0.317 e. The number of carbonyl (C=O) groups excluding carboxylic acids is 1. The molecule has 1 heterocycles. The van der Waals surface area contributed by atoms with E-state index < -0.39 is 0 Å². The summed E-state index contributed by atoms with van der Waals surface area (Å²) in [4.78, 5) is 19.2. The van der Waals surface area contributed by atoms with Gasteiger partial charge in [0.15, 0.2) is 0 Å². The van der Waals surface area contributed by atoms with Gasteiger partial charge in [-0.3, -0.25) is 4.90 Å². The van der Waals surface area contributed by atoms with Crippen molar-refractivity contribution in [2.45, 2.75) is 47.1 Å². The SMILES string of the molecule is CCN1CCN(C(=O)NCC(CC(C)C)N(CC)CC)CC1. The van der Waals surface area contributed by atoms with Crippen LogP contribution in [-0.2, 0) is 0 Å². The highest BCUT2D eigenvalue weighted by Crippen LogP contribution is 2.11. The van der Waals surface area contributed by atoms with Crippen LogP contribution in [0.15, 0.2) is 0 Å². The van der Waals surface area contributed by atoms with Gasteiger partial charge in [0.25, 0.3) is 0 Å². The van der Waals surface area contributed by atoms with Crippen LogP contribution < -0.4 is 5.32 Å². The van der Waals surface area contributed by atoms with Crippen LogP contribution >= 0.6 is 0 Å². The van der Waals surface area contributed by atoms with E-state index in [2.05, 4.69) is 49.7 Å². The minimum absolute atomic E-state index is 0.108. The molecule has 0 bridgehead atoms. The van der Waals surface area contributed by atoms with Crippen LogP contribution in [0.25, 0.3) is 0 Å². The van der Waals surface area contributed by atoms with Gasteiger partial charge in [0, 0.05) is 38.8 Å². The summed E-state index contributed by atoms with van der Waals surface area (Å²) in [6, 6.07) is 0.549. The van der Waals surface area contributed by atoms with E-state index in [0.29, 0.717) is 12.0 Å². The molecule has 1 saturated heterocycles. The molecule has 0 saturated carbocycles. The van der Waals surface area contributed by atoms with Crippen molar-refractivity contribution < 1.29 is 4.79 Å². The molecule has 1 N–H and O–H groups in total. The Hall–Kier alpha value is -0.810. The number of likely N-dealkylation sites (N-methyl/N-ethyl adjacent to an activating group) is 2. The lowest BCUT2D eigenvalue weighted by molar-refractivity contribution is 0.137. The van der Waals surface area contributed by atoms with E-state index in [-0.39, 0.29) is 6.03 Å². The highest BCUT2D eigenvalue weighted by Gasteiger charge is 2.22. The van der Waals surface area contributed by atoms with Crippen molar-refractivity contribution in [3.8, 4) is 0 Å². The molecule has 0 aliphatic carbocycles. The van der Waals surface area contributed by atoms with E-state index in [4.69, 9.17) is 0 Å². The third-order valence-electron chi connectivity index (χ3n) is 4.67. The average molecular weight is 313 g/mol. The van der Waals surface area contributed by atoms with Crippen LogP contribution in [0.5, 0.6) is 0 Å². The molecule has 2 amide bonds. The van der Waals surface area contributed by atoms with Gasteiger partial charge in [-0.2, -0.15) is 0 Å². The van der Waals surface area contributed by atoms with E-state index in [1.807, 2.05) is 4.90 Å². The third kappa shape index (κ3) is 6.13. The minimum atomic E-state index is 0.108. The first-order valence-corrected chi connectivity index (χ1v) is 9.00. The fraction of sp³-hybridized carbons (Fsp3) is 0.941. The molecule has 1 rings (SSSR count). The maximum absolute atomic E-state index is 12.4. The van der Waals surface area contributed by atoms with Crippen molar-refractivity contribution in [3.05, 3.63) is 0 Å². The Morgan fingerprint density at radius 2 is 1.68 bits per heavy atom. The van der Waals surface area contributed by atoms with Gasteiger partial charge in [0.1, 0.15) is 0 Å². The van der Waals surface area contributed by atoms with Crippen molar-refractivity contribution in [1.29, 1.82) is 0 Å². The highest BCUT2D eigenvalue weighted by atomic mass is 16.2. The molecule has 1 atom stereocenters. The van der Waals surface area contributed by atoms with Crippen molar-refractivity contribution in [1.82, 2.24) is 20.0 Å². The normalized spacial score (nSPS) is 18.0. The van der Waals surface area contributed by atoms with Crippen LogP contribution in [0.3, 0.4) is 0 Å². The van der Waals surface area contributed by atoms with Gasteiger partial charge in [-0.1, -0.05) is 34.6 Å². The number of carbonyl (C=O) groups is 1. The van der Waals surface area contributed by atoms with Crippen LogP contribution in [0.4, 0.5) is 4.79 Å². The van der Waals surface area contributed by atoms with E-state index >= 15 is 0 Å². The van der Waals surface area contributed by atoms with Gasteiger partial charge < -0.3 is 15.1 Å². The molecule has 22 heavy (non-hydrogen) atoms. The van der Waals surface area contributed by atoms with Gasteiger partial charge in [0.05, 0.1) is 0 Å². The number of nitrogens with zero attached hydrogens (tertiary/aromatic N) is 3. The van der Waals surface area contributed by atoms with Gasteiger partial charge in [-0.25, -0.2) is 4.79 Å². The minimum Gasteiger partial charge on any atom is -0.336 e. The van der Waals surface area contributed by atoms with Crippen molar-refractivity contribution in [3.63, 3.8) is 0 Å². The zero-order valence-electron chi connectivity index (χ0n) is 15.3. The van der Waals surface area contributed by atoms with Crippen molar-refractivity contribution in [2.75, 3.05) is 52.4 Å². The lowest BCUT2D eigenvalue weighted by Gasteiger charge is -2.35. The first kappa shape index (κ1) is 19.2. The first-order valence-electron chi connectivity index (χ1n) is 9.00. The predicted octanol–water partition coefficient (Wildman–Crippen LogP) is 2.09. The quantitative estimate of drug-likeness (QED) is 0.746. The molecule has 0 spiro atoms. The van der Waals surface area contributed by atoms with Gasteiger partial charge in [-0.05, 0) is 32.0 Å². The molecule has 1 aliphatic heterocycles. The van der Waals surface area contributed by atoms with E-state index in [9.17, 15) is 4.79 Å². The summed E-state index contributed by atoms with van der Waals surface area (Å²) in [6.07, 6.45) is 1.13. The zero-order chi connectivity index (χ0) is 16.5. The fourth-order valence-corrected chi connectivity index (χ4v) is 3.23. The summed E-state index contributed by atoms with van der Waals surface area (Å²) >= 11 is 0. The van der Waals surface area contributed by atoms with Crippen molar-refractivity contribution in [2.24, 2.45) is 5.92 Å². The number of hydrogen-bond acceptors (Lipinski definition) is 3. The largest absolute Gasteiger partial charge is 0.336 e. The zero-order valence-corrected chi connectivity index (χ0v) is 15.3. The first-order chi connectivity index (χ1) is 10.5. The second kappa shape index (κ2) is 10.1. The van der Waals surface area contributed by atoms with Crippen molar-refractivity contribution >= 4 is 6.03 Å². The standard InChI is InChI=1S/C17H36N4O/c1-6-19-9-11-21(12-10-19)17(22)18-14-16(13-15(4)5)20(7-2)8-3/h15-16H,6-14H2,1-5H3,(H,18,22). The number of urea groups is 1. The number of amides is 2. The fourth-order valence-electron chi connectivity index (χ4n) is 3.23. The van der Waals surface area contributed by atoms with E-state index in [0.717, 1.165) is 58.8 Å². The monoisotopic (exact) mass is 312 g/mol. The number of nitrogens with one attached hydrogen (secondary N) is 1. The van der Waals surface area contributed by atoms with Gasteiger partial charge >= 0.3 is 6.03 Å². The van der Waals surface area contributed by atoms with Gasteiger partial charge in [0.2, 0.25) is 0 Å². The van der Waals surface area contributed by atoms with Crippen LogP contribution in [0, 0.1) is 5.92 Å². The van der Waals surface area contributed by atoms with Gasteiger partial charge in [-0.15, -0.1) is 0 Å². The lowest BCUT2D eigenvalue weighted by Crippen LogP contribution is -2.53. The Kier molecular flexibility index (Phi) is 8.79. The Labute approximate surface area is 137 Å². The molecule has 130 valence electrons. The third-order valence-corrected chi connectivity index (χ3v) is 4.67. The Bertz CT molecular complexity index is 310. The maximum atomic E-state index is 12.4. The molecule has 0 aromatic heterocycles. The van der Waals surface area contributed by atoms with Crippen LogP contribution in [-0.4, -0.2) is 79.1 Å². The average Bonchev–Trinajstić information content (AvgIpc) is 2.52. The molecular weight excluding hydrogens is 276 g/mol. The molecular formula is C17H36N4O. The summed E-state index contributed by atoms with van der Waals surface area (Å²) < 4.78 is 0. The Balaban J connectivity index is 2.44. The number of hydrogen-bond donors (Lipinski definition) is 1. The molecule has 0 radical (unpaired) electrons. The molecule has 0 aromatic rings. The Morgan fingerprint density at radius 3 is 2.14 bits per heavy atom. The predicted molar refractivity (Wildman–Crippen MR) is 93.2 cm³/mol. The van der Waals surface area contributed by atoms with E-state index in [1.165, 1.54) is 0 Å². The topological polar surface area (TPSA) is 38.8 Å². The second-order valence-electron chi connectivity index (χ2n) is 6.61. The molecule has 1 unspecified atom stereocenters. The molecule has 5 heteroatoms. The highest BCUT2D eigenvalue weighted by molar-refractivity contribution is 5.74.